The van der Waals surface area contributed by atoms with E-state index in [4.69, 9.17) is 5.21 Å². The van der Waals surface area contributed by atoms with E-state index in [0.29, 0.717) is 0 Å². The summed E-state index contributed by atoms with van der Waals surface area (Å²) in [5.74, 6) is 0. The largest absolute Gasteiger partial charge is 0.163 e. The smallest absolute Gasteiger partial charge is 0.149 e. The van der Waals surface area contributed by atoms with Crippen LogP contribution < -0.4 is 5.06 Å². The molecule has 0 aliphatic carbocycles. The van der Waals surface area contributed by atoms with Crippen molar-refractivity contribution in [2.24, 2.45) is 0 Å². The van der Waals surface area contributed by atoms with Gasteiger partial charge in [0.1, 0.15) is 14.1 Å². The Bertz CT molecular complexity index is 10.8. The second kappa shape index (κ2) is 1.26. The number of hydroxylamine groups is 2. The van der Waals surface area contributed by atoms with E-state index in [1.54, 1.807) is 14.1 Å². The maximum absolute atomic E-state index is 7.89. The lowest BCUT2D eigenvalue weighted by molar-refractivity contribution is 0.0681. The molecule has 25 valence electrons. The standard InChI is InChI=1S/C2H7NO/c1-3(2)4/h4H,1-2H3/q+1. The van der Waals surface area contributed by atoms with Crippen LogP contribution in [0.15, 0.2) is 0 Å². The predicted molar refractivity (Wildman–Crippen MR) is 15.8 cm³/mol. The zero-order valence-electron chi connectivity index (χ0n) is 2.89. The second-order valence-electron chi connectivity index (χ2n) is 0.847. The third-order valence-corrected chi connectivity index (χ3v) is 0. The summed E-state index contributed by atoms with van der Waals surface area (Å²) in [5, 5.41) is 8.89. The van der Waals surface area contributed by atoms with E-state index in [0.717, 1.165) is 5.06 Å². The fourth-order valence-corrected chi connectivity index (χ4v) is 0. The van der Waals surface area contributed by atoms with Crippen molar-refractivity contribution in [3.63, 3.8) is 0 Å². The third kappa shape index (κ3) is 254. The summed E-state index contributed by atoms with van der Waals surface area (Å²) in [4.78, 5) is 0. The van der Waals surface area contributed by atoms with Crippen molar-refractivity contribution in [3.05, 3.63) is 0 Å². The average molecular weight is 61.1 g/mol. The van der Waals surface area contributed by atoms with Crippen LogP contribution in [0.5, 0.6) is 0 Å². The van der Waals surface area contributed by atoms with Crippen LogP contribution in [0.25, 0.3) is 0 Å². The Morgan fingerprint density at radius 3 is 1.50 bits per heavy atom. The van der Waals surface area contributed by atoms with Gasteiger partial charge < -0.3 is 0 Å². The van der Waals surface area contributed by atoms with Crippen LogP contribution >= 0.6 is 0 Å². The molecule has 0 spiro atoms. The summed E-state index contributed by atoms with van der Waals surface area (Å²) in [5.41, 5.74) is 0. The predicted octanol–water partition coefficient (Wildman–Crippen LogP) is -0.225. The number of hydrogen-bond acceptors (Lipinski definition) is 2. The Labute approximate surface area is 25.6 Å². The summed E-state index contributed by atoms with van der Waals surface area (Å²) in [6, 6.07) is 0. The summed E-state index contributed by atoms with van der Waals surface area (Å²) in [6.45, 7) is 0. The highest BCUT2D eigenvalue weighted by atomic mass is 16.5. The van der Waals surface area contributed by atoms with E-state index in [2.05, 4.69) is 0 Å². The molecule has 0 saturated carbocycles. The molecule has 2 heteroatoms. The van der Waals surface area contributed by atoms with E-state index < -0.39 is 0 Å². The zero-order valence-corrected chi connectivity index (χ0v) is 2.89. The first-order valence-corrected chi connectivity index (χ1v) is 1.09. The molecule has 0 heterocycles. The lowest BCUT2D eigenvalue weighted by Crippen LogP contribution is -2.09. The van der Waals surface area contributed by atoms with Crippen LogP contribution in [0.1, 0.15) is 0 Å². The first-order valence-electron chi connectivity index (χ1n) is 1.09. The normalized spacial score (nSPS) is 9.00. The highest BCUT2D eigenvalue weighted by molar-refractivity contribution is 4.02. The minimum atomic E-state index is 1.00. The quantitative estimate of drug-likeness (QED) is 0.304. The Hall–Kier alpha value is -0.0800. The Morgan fingerprint density at radius 2 is 1.50 bits per heavy atom. The molecule has 4 heavy (non-hydrogen) atoms. The molecule has 0 aliphatic rings. The molecule has 0 atom stereocenters. The maximum atomic E-state index is 7.89. The molecule has 0 bridgehead atoms. The van der Waals surface area contributed by atoms with Crippen LogP contribution in [-0.4, -0.2) is 19.3 Å². The molecule has 0 unspecified atom stereocenters. The van der Waals surface area contributed by atoms with Crippen molar-refractivity contribution >= 4 is 0 Å². The van der Waals surface area contributed by atoms with Gasteiger partial charge in [0, 0.05) is 0 Å². The van der Waals surface area contributed by atoms with Crippen LogP contribution in [0.2, 0.25) is 0 Å². The van der Waals surface area contributed by atoms with Gasteiger partial charge in [-0.25, -0.2) is 0 Å². The molecule has 0 amide bonds. The molecule has 0 aromatic carbocycles. The Balaban J connectivity index is 2.32. The summed E-state index contributed by atoms with van der Waals surface area (Å²) >= 11 is 0. The van der Waals surface area contributed by atoms with E-state index in [-0.39, 0.29) is 0 Å². The molecule has 0 fully saturated rings. The summed E-state index contributed by atoms with van der Waals surface area (Å²) in [6.07, 6.45) is 0. The number of nitrogens with zero attached hydrogens (tertiary/aromatic N) is 1. The lowest BCUT2D eigenvalue weighted by atomic mass is 11.2. The molecular formula is C2H7NO+. The van der Waals surface area contributed by atoms with Crippen molar-refractivity contribution in [3.8, 4) is 0 Å². The van der Waals surface area contributed by atoms with Crippen molar-refractivity contribution in [1.29, 1.82) is 0 Å². The molecule has 0 rings (SSSR count). The van der Waals surface area contributed by atoms with E-state index in [1.165, 1.54) is 0 Å². The van der Waals surface area contributed by atoms with Gasteiger partial charge in [-0.2, -0.15) is 5.21 Å². The first kappa shape index (κ1) is 3.92. The van der Waals surface area contributed by atoms with Gasteiger partial charge in [-0.1, -0.05) is 0 Å². The molecule has 0 aliphatic heterocycles. The lowest BCUT2D eigenvalue weighted by Gasteiger charge is -1.72. The molecule has 0 saturated heterocycles. The monoisotopic (exact) mass is 61.1 g/mol. The van der Waals surface area contributed by atoms with Crippen molar-refractivity contribution < 1.29 is 5.21 Å². The summed E-state index contributed by atoms with van der Waals surface area (Å²) < 4.78 is 0. The number of hydrogen-bond donors (Lipinski definition) is 1. The minimum Gasteiger partial charge on any atom is -0.163 e. The SMILES string of the molecule is C[N+](C)O. The highest BCUT2D eigenvalue weighted by Crippen LogP contribution is 1.38. The molecule has 0 aromatic rings. The van der Waals surface area contributed by atoms with Gasteiger partial charge in [0.25, 0.3) is 0 Å². The van der Waals surface area contributed by atoms with Crippen molar-refractivity contribution in [1.82, 2.24) is 5.06 Å². The van der Waals surface area contributed by atoms with E-state index in [9.17, 15) is 0 Å². The molecule has 2 nitrogen and oxygen atoms in total. The van der Waals surface area contributed by atoms with Crippen LogP contribution in [-0.2, 0) is 0 Å². The first-order chi connectivity index (χ1) is 1.73. The van der Waals surface area contributed by atoms with Gasteiger partial charge in [-0.15, -0.1) is 0 Å². The van der Waals surface area contributed by atoms with Crippen LogP contribution in [0.4, 0.5) is 0 Å². The zero-order chi connectivity index (χ0) is 3.58. The maximum Gasteiger partial charge on any atom is 0.149 e. The Kier molecular flexibility index (Phi) is 1.24. The fourth-order valence-electron chi connectivity index (χ4n) is 0. The molecule has 1 radical (unpaired) electrons. The molecule has 1 N–H and O–H groups in total. The topological polar surface area (TPSA) is 26.1 Å². The third-order valence-electron chi connectivity index (χ3n) is 0. The van der Waals surface area contributed by atoms with E-state index in [1.807, 2.05) is 0 Å². The van der Waals surface area contributed by atoms with E-state index >= 15 is 0 Å². The van der Waals surface area contributed by atoms with Crippen molar-refractivity contribution in [2.45, 2.75) is 0 Å². The Morgan fingerprint density at radius 1 is 1.50 bits per heavy atom. The summed E-state index contributed by atoms with van der Waals surface area (Å²) in [7, 11) is 3.11. The average Bonchev–Trinajstić information content (AvgIpc) is 0.811. The van der Waals surface area contributed by atoms with Crippen LogP contribution in [0, 0.1) is 0 Å². The fraction of sp³-hybridized carbons (Fsp3) is 1.00. The van der Waals surface area contributed by atoms with Gasteiger partial charge in [0.2, 0.25) is 0 Å². The second-order valence-corrected chi connectivity index (χ2v) is 0.847. The van der Waals surface area contributed by atoms with Gasteiger partial charge in [-0.3, -0.25) is 0 Å². The van der Waals surface area contributed by atoms with Gasteiger partial charge in [0.15, 0.2) is 0 Å². The highest BCUT2D eigenvalue weighted by Gasteiger charge is 1.75. The van der Waals surface area contributed by atoms with Gasteiger partial charge in [0.05, 0.1) is 0 Å². The van der Waals surface area contributed by atoms with Gasteiger partial charge in [-0.05, 0) is 5.06 Å². The van der Waals surface area contributed by atoms with Crippen molar-refractivity contribution in [2.75, 3.05) is 14.1 Å². The molecular weight excluding hydrogens is 54.0 g/mol. The number of rotatable bonds is 0. The van der Waals surface area contributed by atoms with Crippen LogP contribution in [0.3, 0.4) is 0 Å². The minimum absolute atomic E-state index is 1.00. The van der Waals surface area contributed by atoms with Gasteiger partial charge >= 0.3 is 0 Å². The molecule has 0 aromatic heterocycles.